The number of hydrogen-bond acceptors (Lipinski definition) is 7. The maximum Gasteiger partial charge on any atom is 0.396 e. The molecule has 18 heavy (non-hydrogen) atoms. The zero-order valence-electron chi connectivity index (χ0n) is 9.91. The van der Waals surface area contributed by atoms with Crippen LogP contribution in [0, 0.1) is 6.92 Å². The van der Waals surface area contributed by atoms with Crippen LogP contribution in [-0.2, 0) is 4.74 Å². The largest absolute Gasteiger partial charge is 0.459 e. The summed E-state index contributed by atoms with van der Waals surface area (Å²) in [5, 5.41) is 8.33. The number of aromatic nitrogens is 3. The molecule has 0 spiro atoms. The number of nitrogens with zero attached hydrogens (tertiary/aromatic N) is 3. The van der Waals surface area contributed by atoms with E-state index in [4.69, 9.17) is 9.15 Å². The van der Waals surface area contributed by atoms with Gasteiger partial charge in [0.2, 0.25) is 0 Å². The highest BCUT2D eigenvalue weighted by molar-refractivity contribution is 7.99. The first-order valence-electron chi connectivity index (χ1n) is 5.30. The number of carbonyl (C=O) groups is 1. The van der Waals surface area contributed by atoms with Crippen LogP contribution in [0.2, 0.25) is 0 Å². The zero-order valence-corrected chi connectivity index (χ0v) is 10.7. The second-order valence-corrected chi connectivity index (χ2v) is 4.34. The van der Waals surface area contributed by atoms with Gasteiger partial charge in [0.15, 0.2) is 0 Å². The van der Waals surface area contributed by atoms with Crippen LogP contribution in [0.25, 0.3) is 0 Å². The topological polar surface area (TPSA) is 78.1 Å². The van der Waals surface area contributed by atoms with E-state index >= 15 is 0 Å². The number of carbonyl (C=O) groups excluding carboxylic acids is 1. The Morgan fingerprint density at radius 3 is 2.94 bits per heavy atom. The number of rotatable bonds is 4. The number of esters is 1. The molecule has 7 heteroatoms. The summed E-state index contributed by atoms with van der Waals surface area (Å²) < 4.78 is 9.91. The molecule has 0 bridgehead atoms. The molecule has 0 fully saturated rings. The lowest BCUT2D eigenvalue weighted by Gasteiger charge is -1.96. The Morgan fingerprint density at radius 1 is 1.44 bits per heavy atom. The molecule has 0 aromatic carbocycles. The van der Waals surface area contributed by atoms with Crippen LogP contribution in [0.5, 0.6) is 0 Å². The summed E-state index contributed by atoms with van der Waals surface area (Å²) in [4.78, 5) is 15.5. The molecule has 2 heterocycles. The molecule has 94 valence electrons. The van der Waals surface area contributed by atoms with Gasteiger partial charge in [-0.05, 0) is 37.2 Å². The third-order valence-electron chi connectivity index (χ3n) is 1.93. The first kappa shape index (κ1) is 12.6. The third-order valence-corrected chi connectivity index (χ3v) is 2.72. The Bertz CT molecular complexity index is 539. The molecular weight excluding hydrogens is 254 g/mol. The predicted molar refractivity (Wildman–Crippen MR) is 63.4 cm³/mol. The van der Waals surface area contributed by atoms with E-state index in [-0.39, 0.29) is 17.7 Å². The van der Waals surface area contributed by atoms with Crippen LogP contribution in [0.4, 0.5) is 0 Å². The number of ether oxygens (including phenoxy) is 1. The summed E-state index contributed by atoms with van der Waals surface area (Å²) in [7, 11) is 0. The maximum absolute atomic E-state index is 11.3. The normalized spacial score (nSPS) is 10.3. The van der Waals surface area contributed by atoms with Crippen LogP contribution in [0.3, 0.4) is 0 Å². The van der Waals surface area contributed by atoms with Crippen molar-refractivity contribution in [1.29, 1.82) is 0 Å². The molecule has 0 aliphatic rings. The van der Waals surface area contributed by atoms with Crippen molar-refractivity contribution in [3.8, 4) is 0 Å². The first-order valence-corrected chi connectivity index (χ1v) is 6.12. The van der Waals surface area contributed by atoms with E-state index in [0.717, 1.165) is 10.6 Å². The van der Waals surface area contributed by atoms with E-state index in [1.165, 1.54) is 11.8 Å². The van der Waals surface area contributed by atoms with Crippen LogP contribution in [0.15, 0.2) is 33.0 Å². The van der Waals surface area contributed by atoms with E-state index in [2.05, 4.69) is 15.2 Å². The summed E-state index contributed by atoms with van der Waals surface area (Å²) in [6.45, 7) is 3.93. The fourth-order valence-corrected chi connectivity index (χ4v) is 1.75. The molecule has 0 aliphatic heterocycles. The van der Waals surface area contributed by atoms with Crippen molar-refractivity contribution in [1.82, 2.24) is 15.2 Å². The van der Waals surface area contributed by atoms with E-state index < -0.39 is 5.97 Å². The van der Waals surface area contributed by atoms with E-state index in [1.807, 2.05) is 19.1 Å². The van der Waals surface area contributed by atoms with Crippen molar-refractivity contribution < 1.29 is 13.9 Å². The summed E-state index contributed by atoms with van der Waals surface area (Å²) >= 11 is 1.19. The second-order valence-electron chi connectivity index (χ2n) is 3.37. The quantitative estimate of drug-likeness (QED) is 0.783. The average Bonchev–Trinajstić information content (AvgIpc) is 2.81. The maximum atomic E-state index is 11.3. The van der Waals surface area contributed by atoms with Gasteiger partial charge in [-0.3, -0.25) is 0 Å². The Balaban J connectivity index is 2.06. The molecular formula is C11H11N3O3S. The Labute approximate surface area is 108 Å². The number of aryl methyl sites for hydroxylation is 1. The van der Waals surface area contributed by atoms with Crippen LogP contribution in [-0.4, -0.2) is 27.8 Å². The minimum atomic E-state index is -0.617. The van der Waals surface area contributed by atoms with Crippen molar-refractivity contribution in [2.45, 2.75) is 24.1 Å². The third kappa shape index (κ3) is 3.07. The molecule has 0 radical (unpaired) electrons. The molecule has 6 nitrogen and oxygen atoms in total. The molecule has 0 unspecified atom stereocenters. The minimum Gasteiger partial charge on any atom is -0.459 e. The lowest BCUT2D eigenvalue weighted by molar-refractivity contribution is 0.0475. The standard InChI is InChI=1S/C11H11N3O3S/c1-3-16-10(15)9-13-14-11(17-9)18-8-5-4-7(2)6-12-8/h4-6H,3H2,1-2H3. The van der Waals surface area contributed by atoms with Gasteiger partial charge >= 0.3 is 11.9 Å². The molecule has 0 saturated carbocycles. The molecule has 0 saturated heterocycles. The molecule has 0 atom stereocenters. The van der Waals surface area contributed by atoms with Crippen molar-refractivity contribution in [2.24, 2.45) is 0 Å². The molecule has 2 aromatic rings. The summed E-state index contributed by atoms with van der Waals surface area (Å²) in [6, 6.07) is 3.77. The fourth-order valence-electron chi connectivity index (χ4n) is 1.13. The van der Waals surface area contributed by atoms with Gasteiger partial charge in [-0.1, -0.05) is 11.2 Å². The lowest BCUT2D eigenvalue weighted by atomic mass is 10.3. The van der Waals surface area contributed by atoms with E-state index in [1.54, 1.807) is 13.1 Å². The van der Waals surface area contributed by atoms with Gasteiger partial charge in [-0.15, -0.1) is 5.10 Å². The van der Waals surface area contributed by atoms with Crippen LogP contribution < -0.4 is 0 Å². The lowest BCUT2D eigenvalue weighted by Crippen LogP contribution is -2.04. The van der Waals surface area contributed by atoms with Crippen molar-refractivity contribution in [2.75, 3.05) is 6.61 Å². The SMILES string of the molecule is CCOC(=O)c1nnc(Sc2ccc(C)cn2)o1. The van der Waals surface area contributed by atoms with Gasteiger partial charge in [-0.25, -0.2) is 9.78 Å². The predicted octanol–water partition coefficient (Wildman–Crippen LogP) is 2.10. The smallest absolute Gasteiger partial charge is 0.396 e. The highest BCUT2D eigenvalue weighted by atomic mass is 32.2. The molecule has 2 aromatic heterocycles. The van der Waals surface area contributed by atoms with Gasteiger partial charge in [0.25, 0.3) is 5.22 Å². The van der Waals surface area contributed by atoms with Crippen molar-refractivity contribution in [3.63, 3.8) is 0 Å². The summed E-state index contributed by atoms with van der Waals surface area (Å²) in [6.07, 6.45) is 1.74. The Kier molecular flexibility index (Phi) is 3.93. The summed E-state index contributed by atoms with van der Waals surface area (Å²) in [5.41, 5.74) is 1.07. The Hall–Kier alpha value is -1.89. The molecule has 0 amide bonds. The molecule has 0 N–H and O–H groups in total. The monoisotopic (exact) mass is 265 g/mol. The highest BCUT2D eigenvalue weighted by Gasteiger charge is 2.16. The van der Waals surface area contributed by atoms with Crippen molar-refractivity contribution >= 4 is 17.7 Å². The van der Waals surface area contributed by atoms with Crippen LogP contribution in [0.1, 0.15) is 23.2 Å². The first-order chi connectivity index (χ1) is 8.69. The average molecular weight is 265 g/mol. The summed E-state index contributed by atoms with van der Waals surface area (Å²) in [5.74, 6) is -0.764. The number of hydrogen-bond donors (Lipinski definition) is 0. The van der Waals surface area contributed by atoms with Gasteiger partial charge < -0.3 is 9.15 Å². The zero-order chi connectivity index (χ0) is 13.0. The molecule has 0 aliphatic carbocycles. The molecule has 2 rings (SSSR count). The van der Waals surface area contributed by atoms with E-state index in [9.17, 15) is 4.79 Å². The second kappa shape index (κ2) is 5.63. The minimum absolute atomic E-state index is 0.147. The van der Waals surface area contributed by atoms with Crippen LogP contribution >= 0.6 is 11.8 Å². The highest BCUT2D eigenvalue weighted by Crippen LogP contribution is 2.24. The van der Waals surface area contributed by atoms with Gasteiger partial charge in [0, 0.05) is 6.20 Å². The van der Waals surface area contributed by atoms with E-state index in [0.29, 0.717) is 0 Å². The van der Waals surface area contributed by atoms with Gasteiger partial charge in [0.1, 0.15) is 5.03 Å². The Morgan fingerprint density at radius 2 is 2.28 bits per heavy atom. The van der Waals surface area contributed by atoms with Gasteiger partial charge in [0.05, 0.1) is 6.61 Å². The van der Waals surface area contributed by atoms with Crippen molar-refractivity contribution in [3.05, 3.63) is 29.8 Å². The number of pyridine rings is 1. The van der Waals surface area contributed by atoms with Gasteiger partial charge in [-0.2, -0.15) is 0 Å². The fraction of sp³-hybridized carbons (Fsp3) is 0.273.